The highest BCUT2D eigenvalue weighted by atomic mass is 16.5. The lowest BCUT2D eigenvalue weighted by Gasteiger charge is -2.05. The molecule has 0 saturated heterocycles. The van der Waals surface area contributed by atoms with Gasteiger partial charge in [0.25, 0.3) is 0 Å². The molecule has 0 aliphatic rings. The van der Waals surface area contributed by atoms with E-state index in [0.717, 1.165) is 37.7 Å². The molecule has 2 heteroatoms. The summed E-state index contributed by atoms with van der Waals surface area (Å²) in [6.07, 6.45) is 14.0. The van der Waals surface area contributed by atoms with Gasteiger partial charge >= 0.3 is 5.97 Å². The largest absolute Gasteiger partial charge is 0.466 e. The standard InChI is InChI=1S/C19H32O2/c1-6-17(7-2)12-10-14-18(8-3)13-9-11-16(4)15-19(20)21-5/h12-13,15H,6-11,14H2,1-5H3. The molecule has 0 aromatic rings. The summed E-state index contributed by atoms with van der Waals surface area (Å²) in [6, 6.07) is 0. The number of hydrogen-bond acceptors (Lipinski definition) is 2. The zero-order valence-electron chi connectivity index (χ0n) is 14.5. The summed E-state index contributed by atoms with van der Waals surface area (Å²) < 4.78 is 4.63. The Labute approximate surface area is 131 Å². The summed E-state index contributed by atoms with van der Waals surface area (Å²) in [6.45, 7) is 8.64. The van der Waals surface area contributed by atoms with Crippen molar-refractivity contribution in [2.75, 3.05) is 7.11 Å². The zero-order chi connectivity index (χ0) is 16.1. The minimum absolute atomic E-state index is 0.260. The summed E-state index contributed by atoms with van der Waals surface area (Å²) in [7, 11) is 1.41. The summed E-state index contributed by atoms with van der Waals surface area (Å²) in [5, 5.41) is 0. The van der Waals surface area contributed by atoms with Gasteiger partial charge in [-0.05, 0) is 51.9 Å². The smallest absolute Gasteiger partial charge is 0.330 e. The maximum atomic E-state index is 11.1. The molecule has 120 valence electrons. The van der Waals surface area contributed by atoms with Crippen LogP contribution in [-0.2, 0) is 9.53 Å². The van der Waals surface area contributed by atoms with Crippen molar-refractivity contribution in [3.8, 4) is 0 Å². The molecule has 0 fully saturated rings. The predicted octanol–water partition coefficient (Wildman–Crippen LogP) is 5.75. The predicted molar refractivity (Wildman–Crippen MR) is 91.3 cm³/mol. The van der Waals surface area contributed by atoms with E-state index in [-0.39, 0.29) is 5.97 Å². The molecule has 0 saturated carbocycles. The van der Waals surface area contributed by atoms with Gasteiger partial charge in [-0.2, -0.15) is 0 Å². The van der Waals surface area contributed by atoms with Crippen molar-refractivity contribution in [3.05, 3.63) is 34.9 Å². The molecule has 0 unspecified atom stereocenters. The molecule has 0 aromatic carbocycles. The van der Waals surface area contributed by atoms with Crippen molar-refractivity contribution in [3.63, 3.8) is 0 Å². The number of rotatable bonds is 10. The van der Waals surface area contributed by atoms with Crippen LogP contribution in [0.1, 0.15) is 72.6 Å². The molecule has 0 N–H and O–H groups in total. The van der Waals surface area contributed by atoms with Crippen LogP contribution in [0.25, 0.3) is 0 Å². The van der Waals surface area contributed by atoms with E-state index in [1.54, 1.807) is 11.6 Å². The zero-order valence-corrected chi connectivity index (χ0v) is 14.5. The van der Waals surface area contributed by atoms with Gasteiger partial charge in [0.1, 0.15) is 0 Å². The van der Waals surface area contributed by atoms with Crippen LogP contribution in [0.3, 0.4) is 0 Å². The molecule has 0 aliphatic heterocycles. The fourth-order valence-electron chi connectivity index (χ4n) is 2.26. The maximum Gasteiger partial charge on any atom is 0.330 e. The highest BCUT2D eigenvalue weighted by Crippen LogP contribution is 2.16. The van der Waals surface area contributed by atoms with E-state index in [1.807, 2.05) is 6.92 Å². The Balaban J connectivity index is 4.26. The van der Waals surface area contributed by atoms with E-state index in [1.165, 1.54) is 25.5 Å². The second-order valence-electron chi connectivity index (χ2n) is 5.38. The highest BCUT2D eigenvalue weighted by molar-refractivity contribution is 5.82. The van der Waals surface area contributed by atoms with Gasteiger partial charge in [-0.3, -0.25) is 0 Å². The minimum atomic E-state index is -0.260. The van der Waals surface area contributed by atoms with Crippen LogP contribution in [-0.4, -0.2) is 13.1 Å². The molecule has 0 atom stereocenters. The summed E-state index contributed by atoms with van der Waals surface area (Å²) in [5.41, 5.74) is 4.15. The summed E-state index contributed by atoms with van der Waals surface area (Å²) in [4.78, 5) is 11.1. The van der Waals surface area contributed by atoms with Crippen molar-refractivity contribution in [2.24, 2.45) is 0 Å². The van der Waals surface area contributed by atoms with Crippen LogP contribution in [0.5, 0.6) is 0 Å². The lowest BCUT2D eigenvalue weighted by atomic mass is 10.0. The minimum Gasteiger partial charge on any atom is -0.466 e. The molecule has 0 rings (SSSR count). The molecule has 0 aromatic heterocycles. The van der Waals surface area contributed by atoms with Gasteiger partial charge < -0.3 is 4.74 Å². The third kappa shape index (κ3) is 10.1. The molecular weight excluding hydrogens is 260 g/mol. The average Bonchev–Trinajstić information content (AvgIpc) is 2.49. The van der Waals surface area contributed by atoms with E-state index in [0.29, 0.717) is 0 Å². The lowest BCUT2D eigenvalue weighted by Crippen LogP contribution is -1.95. The van der Waals surface area contributed by atoms with Gasteiger partial charge in [0, 0.05) is 6.08 Å². The first-order chi connectivity index (χ1) is 10.1. The molecule has 0 aliphatic carbocycles. The highest BCUT2D eigenvalue weighted by Gasteiger charge is 1.98. The Morgan fingerprint density at radius 2 is 1.43 bits per heavy atom. The molecule has 0 bridgehead atoms. The van der Waals surface area contributed by atoms with E-state index in [4.69, 9.17) is 0 Å². The van der Waals surface area contributed by atoms with Gasteiger partial charge in [-0.1, -0.05) is 49.6 Å². The Hall–Kier alpha value is -1.31. The van der Waals surface area contributed by atoms with E-state index in [2.05, 4.69) is 37.7 Å². The van der Waals surface area contributed by atoms with Crippen LogP contribution >= 0.6 is 0 Å². The number of allylic oxidation sites excluding steroid dienone is 5. The van der Waals surface area contributed by atoms with Gasteiger partial charge in [0.15, 0.2) is 0 Å². The van der Waals surface area contributed by atoms with Gasteiger partial charge in [-0.15, -0.1) is 0 Å². The number of methoxy groups -OCH3 is 1. The Morgan fingerprint density at radius 3 is 1.95 bits per heavy atom. The molecule has 0 amide bonds. The van der Waals surface area contributed by atoms with Crippen molar-refractivity contribution in [1.82, 2.24) is 0 Å². The van der Waals surface area contributed by atoms with E-state index >= 15 is 0 Å². The fraction of sp³-hybridized carbons (Fsp3) is 0.632. The van der Waals surface area contributed by atoms with E-state index in [9.17, 15) is 4.79 Å². The normalized spacial score (nSPS) is 12.2. The maximum absolute atomic E-state index is 11.1. The molecule has 0 spiro atoms. The van der Waals surface area contributed by atoms with Crippen molar-refractivity contribution < 1.29 is 9.53 Å². The van der Waals surface area contributed by atoms with Gasteiger partial charge in [-0.25, -0.2) is 4.79 Å². The summed E-state index contributed by atoms with van der Waals surface area (Å²) in [5.74, 6) is -0.260. The first-order valence-electron chi connectivity index (χ1n) is 8.18. The van der Waals surface area contributed by atoms with E-state index < -0.39 is 0 Å². The molecule has 21 heavy (non-hydrogen) atoms. The molecular formula is C19H32O2. The Kier molecular flexibility index (Phi) is 11.7. The SMILES string of the molecule is CCC(=CCCC(=CCCC(C)=CC(=O)OC)CC)CC. The fourth-order valence-corrected chi connectivity index (χ4v) is 2.26. The summed E-state index contributed by atoms with van der Waals surface area (Å²) >= 11 is 0. The van der Waals surface area contributed by atoms with Crippen LogP contribution in [0.2, 0.25) is 0 Å². The molecule has 0 radical (unpaired) electrons. The first-order valence-corrected chi connectivity index (χ1v) is 8.18. The molecule has 2 nitrogen and oxygen atoms in total. The van der Waals surface area contributed by atoms with Crippen molar-refractivity contribution in [1.29, 1.82) is 0 Å². The van der Waals surface area contributed by atoms with Crippen LogP contribution in [0, 0.1) is 0 Å². The Bertz CT molecular complexity index is 380. The number of ether oxygens (including phenoxy) is 1. The number of esters is 1. The van der Waals surface area contributed by atoms with Crippen LogP contribution < -0.4 is 0 Å². The van der Waals surface area contributed by atoms with Crippen LogP contribution in [0.4, 0.5) is 0 Å². The monoisotopic (exact) mass is 292 g/mol. The first kappa shape index (κ1) is 19.7. The number of carbonyl (C=O) groups is 1. The Morgan fingerprint density at radius 1 is 0.905 bits per heavy atom. The third-order valence-electron chi connectivity index (χ3n) is 3.80. The van der Waals surface area contributed by atoms with Crippen LogP contribution in [0.15, 0.2) is 34.9 Å². The second-order valence-corrected chi connectivity index (χ2v) is 5.38. The second kappa shape index (κ2) is 12.4. The van der Waals surface area contributed by atoms with Gasteiger partial charge in [0.05, 0.1) is 7.11 Å². The molecule has 0 heterocycles. The quantitative estimate of drug-likeness (QED) is 0.291. The average molecular weight is 292 g/mol. The topological polar surface area (TPSA) is 26.3 Å². The number of carbonyl (C=O) groups excluding carboxylic acids is 1. The third-order valence-corrected chi connectivity index (χ3v) is 3.80. The number of hydrogen-bond donors (Lipinski definition) is 0. The van der Waals surface area contributed by atoms with Gasteiger partial charge in [0.2, 0.25) is 0 Å². The lowest BCUT2D eigenvalue weighted by molar-refractivity contribution is -0.134. The van der Waals surface area contributed by atoms with Crippen molar-refractivity contribution in [2.45, 2.75) is 72.6 Å². The van der Waals surface area contributed by atoms with Crippen molar-refractivity contribution >= 4 is 5.97 Å².